The maximum Gasteiger partial charge on any atom is 0.00953 e. The molecule has 17 heavy (non-hydrogen) atoms. The molecule has 2 rings (SSSR count). The van der Waals surface area contributed by atoms with Gasteiger partial charge in [-0.1, -0.05) is 26.7 Å². The summed E-state index contributed by atoms with van der Waals surface area (Å²) in [5.74, 6) is 0.812. The van der Waals surface area contributed by atoms with Crippen molar-refractivity contribution in [1.29, 1.82) is 0 Å². The fourth-order valence-electron chi connectivity index (χ4n) is 3.04. The van der Waals surface area contributed by atoms with E-state index in [0.29, 0.717) is 0 Å². The van der Waals surface area contributed by atoms with Gasteiger partial charge in [-0.15, -0.1) is 0 Å². The molecule has 0 bridgehead atoms. The van der Waals surface area contributed by atoms with Crippen molar-refractivity contribution >= 4 is 0 Å². The SMILES string of the molecule is CC(C)CN(CCCNC1CC1)C1CCCC1. The lowest BCUT2D eigenvalue weighted by molar-refractivity contribution is 0.174. The predicted molar refractivity (Wildman–Crippen MR) is 74.3 cm³/mol. The monoisotopic (exact) mass is 238 g/mol. The third-order valence-corrected chi connectivity index (χ3v) is 4.07. The van der Waals surface area contributed by atoms with Crippen molar-refractivity contribution in [2.75, 3.05) is 19.6 Å². The topological polar surface area (TPSA) is 15.3 Å². The summed E-state index contributed by atoms with van der Waals surface area (Å²) in [4.78, 5) is 2.77. The molecule has 2 saturated carbocycles. The normalized spacial score (nSPS) is 21.9. The Bertz CT molecular complexity index is 205. The Morgan fingerprint density at radius 3 is 2.41 bits per heavy atom. The van der Waals surface area contributed by atoms with E-state index >= 15 is 0 Å². The van der Waals surface area contributed by atoms with Crippen molar-refractivity contribution in [3.8, 4) is 0 Å². The first-order valence-corrected chi connectivity index (χ1v) is 7.73. The second-order valence-electron chi connectivity index (χ2n) is 6.41. The summed E-state index contributed by atoms with van der Waals surface area (Å²) in [5, 5.41) is 3.63. The van der Waals surface area contributed by atoms with Gasteiger partial charge >= 0.3 is 0 Å². The van der Waals surface area contributed by atoms with Crippen LogP contribution >= 0.6 is 0 Å². The molecule has 0 saturated heterocycles. The Balaban J connectivity index is 1.65. The predicted octanol–water partition coefficient (Wildman–Crippen LogP) is 3.03. The van der Waals surface area contributed by atoms with Crippen LogP contribution in [0.1, 0.15) is 58.8 Å². The lowest BCUT2D eigenvalue weighted by Gasteiger charge is -2.30. The molecule has 0 spiro atoms. The molecule has 0 atom stereocenters. The van der Waals surface area contributed by atoms with E-state index < -0.39 is 0 Å². The lowest BCUT2D eigenvalue weighted by Crippen LogP contribution is -2.38. The molecule has 1 N–H and O–H groups in total. The van der Waals surface area contributed by atoms with Gasteiger partial charge in [0.1, 0.15) is 0 Å². The second kappa shape index (κ2) is 6.75. The van der Waals surface area contributed by atoms with Gasteiger partial charge in [0, 0.05) is 18.6 Å². The highest BCUT2D eigenvalue weighted by atomic mass is 15.2. The van der Waals surface area contributed by atoms with Crippen LogP contribution in [0, 0.1) is 5.92 Å². The van der Waals surface area contributed by atoms with Gasteiger partial charge in [0.15, 0.2) is 0 Å². The zero-order valence-corrected chi connectivity index (χ0v) is 11.8. The lowest BCUT2D eigenvalue weighted by atomic mass is 10.1. The standard InChI is InChI=1S/C15H30N2/c1-13(2)12-17(15-6-3-4-7-15)11-5-10-16-14-8-9-14/h13-16H,3-12H2,1-2H3. The van der Waals surface area contributed by atoms with Crippen LogP contribution in [0.15, 0.2) is 0 Å². The molecule has 2 aliphatic rings. The largest absolute Gasteiger partial charge is 0.314 e. The van der Waals surface area contributed by atoms with Crippen LogP contribution in [0.25, 0.3) is 0 Å². The van der Waals surface area contributed by atoms with E-state index in [1.807, 2.05) is 0 Å². The molecule has 0 unspecified atom stereocenters. The minimum absolute atomic E-state index is 0.812. The van der Waals surface area contributed by atoms with Gasteiger partial charge in [0.25, 0.3) is 0 Å². The summed E-state index contributed by atoms with van der Waals surface area (Å²) in [6.07, 6.45) is 9.97. The zero-order valence-electron chi connectivity index (χ0n) is 11.8. The van der Waals surface area contributed by atoms with Crippen LogP contribution in [0.5, 0.6) is 0 Å². The molecule has 0 heterocycles. The van der Waals surface area contributed by atoms with E-state index in [1.165, 1.54) is 64.6 Å². The fourth-order valence-corrected chi connectivity index (χ4v) is 3.04. The van der Waals surface area contributed by atoms with E-state index in [4.69, 9.17) is 0 Å². The maximum absolute atomic E-state index is 3.63. The van der Waals surface area contributed by atoms with Crippen molar-refractivity contribution in [3.05, 3.63) is 0 Å². The van der Waals surface area contributed by atoms with Gasteiger partial charge in [0.2, 0.25) is 0 Å². The van der Waals surface area contributed by atoms with Gasteiger partial charge < -0.3 is 10.2 Å². The van der Waals surface area contributed by atoms with Crippen LogP contribution in [0.3, 0.4) is 0 Å². The number of rotatable bonds is 8. The van der Waals surface area contributed by atoms with Crippen molar-refractivity contribution in [1.82, 2.24) is 10.2 Å². The molecular weight excluding hydrogens is 208 g/mol. The minimum Gasteiger partial charge on any atom is -0.314 e. The van der Waals surface area contributed by atoms with Crippen LogP contribution in [0.2, 0.25) is 0 Å². The van der Waals surface area contributed by atoms with Gasteiger partial charge in [-0.05, 0) is 51.1 Å². The highest BCUT2D eigenvalue weighted by Gasteiger charge is 2.23. The van der Waals surface area contributed by atoms with E-state index in [2.05, 4.69) is 24.1 Å². The first-order chi connectivity index (χ1) is 8.25. The average molecular weight is 238 g/mol. The quantitative estimate of drug-likeness (QED) is 0.654. The van der Waals surface area contributed by atoms with E-state index in [0.717, 1.165) is 18.0 Å². The molecule has 0 radical (unpaired) electrons. The molecule has 2 heteroatoms. The summed E-state index contributed by atoms with van der Waals surface area (Å²) in [6, 6.07) is 1.78. The summed E-state index contributed by atoms with van der Waals surface area (Å²) in [7, 11) is 0. The fraction of sp³-hybridized carbons (Fsp3) is 1.00. The third kappa shape index (κ3) is 4.97. The molecule has 2 nitrogen and oxygen atoms in total. The number of nitrogens with zero attached hydrogens (tertiary/aromatic N) is 1. The smallest absolute Gasteiger partial charge is 0.00953 e. The van der Waals surface area contributed by atoms with Gasteiger partial charge in [-0.25, -0.2) is 0 Å². The number of hydrogen-bond acceptors (Lipinski definition) is 2. The van der Waals surface area contributed by atoms with Gasteiger partial charge in [0.05, 0.1) is 0 Å². The van der Waals surface area contributed by atoms with Crippen molar-refractivity contribution in [3.63, 3.8) is 0 Å². The van der Waals surface area contributed by atoms with Gasteiger partial charge in [-0.3, -0.25) is 0 Å². The average Bonchev–Trinajstić information content (AvgIpc) is 2.94. The third-order valence-electron chi connectivity index (χ3n) is 4.07. The first-order valence-electron chi connectivity index (χ1n) is 7.73. The van der Waals surface area contributed by atoms with Crippen LogP contribution < -0.4 is 5.32 Å². The van der Waals surface area contributed by atoms with E-state index in [-0.39, 0.29) is 0 Å². The Labute approximate surface area is 107 Å². The Kier molecular flexibility index (Phi) is 5.30. The summed E-state index contributed by atoms with van der Waals surface area (Å²) in [6.45, 7) is 8.54. The molecule has 0 aromatic carbocycles. The Hall–Kier alpha value is -0.0800. The van der Waals surface area contributed by atoms with Crippen molar-refractivity contribution < 1.29 is 0 Å². The molecule has 2 fully saturated rings. The molecule has 0 aliphatic heterocycles. The second-order valence-corrected chi connectivity index (χ2v) is 6.41. The summed E-state index contributed by atoms with van der Waals surface area (Å²) < 4.78 is 0. The Morgan fingerprint density at radius 2 is 1.82 bits per heavy atom. The van der Waals surface area contributed by atoms with Crippen LogP contribution in [-0.4, -0.2) is 36.6 Å². The molecule has 0 aromatic heterocycles. The molecule has 0 aromatic rings. The minimum atomic E-state index is 0.812. The summed E-state index contributed by atoms with van der Waals surface area (Å²) in [5.41, 5.74) is 0. The molecular formula is C15H30N2. The van der Waals surface area contributed by atoms with Crippen molar-refractivity contribution in [2.24, 2.45) is 5.92 Å². The highest BCUT2D eigenvalue weighted by molar-refractivity contribution is 4.81. The van der Waals surface area contributed by atoms with Crippen LogP contribution in [0.4, 0.5) is 0 Å². The number of nitrogens with one attached hydrogen (secondary N) is 1. The van der Waals surface area contributed by atoms with Crippen LogP contribution in [-0.2, 0) is 0 Å². The maximum atomic E-state index is 3.63. The van der Waals surface area contributed by atoms with E-state index in [9.17, 15) is 0 Å². The first kappa shape index (κ1) is 13.4. The molecule has 100 valence electrons. The highest BCUT2D eigenvalue weighted by Crippen LogP contribution is 2.24. The summed E-state index contributed by atoms with van der Waals surface area (Å²) >= 11 is 0. The molecule has 2 aliphatic carbocycles. The zero-order chi connectivity index (χ0) is 12.1. The van der Waals surface area contributed by atoms with E-state index in [1.54, 1.807) is 0 Å². The van der Waals surface area contributed by atoms with Gasteiger partial charge in [-0.2, -0.15) is 0 Å². The molecule has 0 amide bonds. The van der Waals surface area contributed by atoms with Crippen molar-refractivity contribution in [2.45, 2.75) is 70.9 Å². The number of hydrogen-bond donors (Lipinski definition) is 1. The Morgan fingerprint density at radius 1 is 1.12 bits per heavy atom.